The second-order valence-corrected chi connectivity index (χ2v) is 4.08. The predicted molar refractivity (Wildman–Crippen MR) is 65.9 cm³/mol. The van der Waals surface area contributed by atoms with Crippen molar-refractivity contribution in [2.24, 2.45) is 0 Å². The molecule has 1 amide bonds. The topological polar surface area (TPSA) is 78.5 Å². The summed E-state index contributed by atoms with van der Waals surface area (Å²) in [6.07, 6.45) is 1.36. The second-order valence-electron chi connectivity index (χ2n) is 4.08. The van der Waals surface area contributed by atoms with Gasteiger partial charge in [0.15, 0.2) is 5.82 Å². The van der Waals surface area contributed by atoms with Crippen LogP contribution in [0.5, 0.6) is 5.75 Å². The number of aromatic nitrogens is 2. The molecular weight excluding hydrogens is 236 g/mol. The summed E-state index contributed by atoms with van der Waals surface area (Å²) in [6.45, 7) is 4.11. The standard InChI is InChI=1S/C11H16N4O3/c1-8(16)14-3-5-15(6-4-14)10-9(18-2)11(17)13-7-12-10/h7H,3-6H2,1-2H3,(H,12,13,17). The van der Waals surface area contributed by atoms with Crippen LogP contribution in [-0.2, 0) is 4.79 Å². The first-order valence-electron chi connectivity index (χ1n) is 5.75. The second kappa shape index (κ2) is 5.07. The number of piperazine rings is 1. The van der Waals surface area contributed by atoms with Crippen LogP contribution in [0.25, 0.3) is 0 Å². The van der Waals surface area contributed by atoms with Crippen molar-refractivity contribution in [2.75, 3.05) is 38.2 Å². The molecular formula is C11H16N4O3. The average Bonchev–Trinajstić information content (AvgIpc) is 2.38. The smallest absolute Gasteiger partial charge is 0.295 e. The van der Waals surface area contributed by atoms with E-state index in [2.05, 4.69) is 9.97 Å². The monoisotopic (exact) mass is 252 g/mol. The molecule has 7 nitrogen and oxygen atoms in total. The Morgan fingerprint density at radius 1 is 1.39 bits per heavy atom. The lowest BCUT2D eigenvalue weighted by atomic mass is 10.3. The molecule has 0 spiro atoms. The minimum absolute atomic E-state index is 0.0699. The molecule has 2 heterocycles. The van der Waals surface area contributed by atoms with Gasteiger partial charge in [-0.1, -0.05) is 0 Å². The van der Waals surface area contributed by atoms with Gasteiger partial charge in [0.2, 0.25) is 11.7 Å². The highest BCUT2D eigenvalue weighted by molar-refractivity contribution is 5.73. The SMILES string of the molecule is COc1c(N2CCN(C(C)=O)CC2)nc[nH]c1=O. The number of aromatic amines is 1. The third-order valence-electron chi connectivity index (χ3n) is 3.02. The first-order chi connectivity index (χ1) is 8.63. The summed E-state index contributed by atoms with van der Waals surface area (Å²) in [7, 11) is 1.45. The van der Waals surface area contributed by atoms with Crippen LogP contribution in [0, 0.1) is 0 Å². The number of nitrogens with one attached hydrogen (secondary N) is 1. The summed E-state index contributed by atoms with van der Waals surface area (Å²) in [5, 5.41) is 0. The van der Waals surface area contributed by atoms with Crippen LogP contribution in [-0.4, -0.2) is 54.1 Å². The molecule has 7 heteroatoms. The first kappa shape index (κ1) is 12.4. The molecule has 0 unspecified atom stereocenters. The van der Waals surface area contributed by atoms with Gasteiger partial charge in [0.1, 0.15) is 0 Å². The third kappa shape index (κ3) is 2.29. The van der Waals surface area contributed by atoms with E-state index in [4.69, 9.17) is 4.74 Å². The lowest BCUT2D eigenvalue weighted by molar-refractivity contribution is -0.129. The van der Waals surface area contributed by atoms with Gasteiger partial charge < -0.3 is 19.5 Å². The van der Waals surface area contributed by atoms with Crippen molar-refractivity contribution in [3.8, 4) is 5.75 Å². The zero-order valence-corrected chi connectivity index (χ0v) is 10.5. The maximum atomic E-state index is 11.6. The Morgan fingerprint density at radius 3 is 2.61 bits per heavy atom. The predicted octanol–water partition coefficient (Wildman–Crippen LogP) is -0.553. The molecule has 0 bridgehead atoms. The van der Waals surface area contributed by atoms with Gasteiger partial charge in [-0.2, -0.15) is 0 Å². The number of anilines is 1. The van der Waals surface area contributed by atoms with Gasteiger partial charge in [-0.05, 0) is 0 Å². The molecule has 1 fully saturated rings. The fraction of sp³-hybridized carbons (Fsp3) is 0.545. The van der Waals surface area contributed by atoms with Crippen LogP contribution >= 0.6 is 0 Å². The molecule has 0 saturated carbocycles. The Hall–Kier alpha value is -2.05. The summed E-state index contributed by atoms with van der Waals surface area (Å²) in [4.78, 5) is 33.2. The van der Waals surface area contributed by atoms with Crippen molar-refractivity contribution in [3.63, 3.8) is 0 Å². The lowest BCUT2D eigenvalue weighted by Crippen LogP contribution is -2.48. The van der Waals surface area contributed by atoms with Crippen molar-refractivity contribution in [1.82, 2.24) is 14.9 Å². The maximum absolute atomic E-state index is 11.6. The number of carbonyl (C=O) groups is 1. The fourth-order valence-corrected chi connectivity index (χ4v) is 2.02. The van der Waals surface area contributed by atoms with E-state index < -0.39 is 0 Å². The minimum atomic E-state index is -0.295. The van der Waals surface area contributed by atoms with Gasteiger partial charge in [-0.15, -0.1) is 0 Å². The summed E-state index contributed by atoms with van der Waals surface area (Å²) in [6, 6.07) is 0. The zero-order chi connectivity index (χ0) is 13.1. The number of amides is 1. The number of H-pyrrole nitrogens is 1. The van der Waals surface area contributed by atoms with Gasteiger partial charge in [-0.25, -0.2) is 4.98 Å². The van der Waals surface area contributed by atoms with E-state index in [0.717, 1.165) is 0 Å². The molecule has 18 heavy (non-hydrogen) atoms. The molecule has 1 aromatic heterocycles. The molecule has 1 aliphatic heterocycles. The Labute approximate surface area is 104 Å². The number of hydrogen-bond donors (Lipinski definition) is 1. The number of nitrogens with zero attached hydrogens (tertiary/aromatic N) is 3. The van der Waals surface area contributed by atoms with Crippen LogP contribution in [0.4, 0.5) is 5.82 Å². The minimum Gasteiger partial charge on any atom is -0.489 e. The van der Waals surface area contributed by atoms with Crippen LogP contribution in [0.1, 0.15) is 6.92 Å². The highest BCUT2D eigenvalue weighted by Crippen LogP contribution is 2.21. The number of methoxy groups -OCH3 is 1. The van der Waals surface area contributed by atoms with E-state index in [0.29, 0.717) is 32.0 Å². The van der Waals surface area contributed by atoms with Crippen LogP contribution < -0.4 is 15.2 Å². The van der Waals surface area contributed by atoms with Gasteiger partial charge in [0, 0.05) is 33.1 Å². The molecule has 1 aliphatic rings. The average molecular weight is 252 g/mol. The van der Waals surface area contributed by atoms with Crippen molar-refractivity contribution in [2.45, 2.75) is 6.92 Å². The van der Waals surface area contributed by atoms with Gasteiger partial charge in [-0.3, -0.25) is 9.59 Å². The zero-order valence-electron chi connectivity index (χ0n) is 10.5. The van der Waals surface area contributed by atoms with Crippen LogP contribution in [0.3, 0.4) is 0 Å². The van der Waals surface area contributed by atoms with E-state index >= 15 is 0 Å². The van der Waals surface area contributed by atoms with Crippen molar-refractivity contribution in [3.05, 3.63) is 16.7 Å². The highest BCUT2D eigenvalue weighted by atomic mass is 16.5. The summed E-state index contributed by atoms with van der Waals surface area (Å²) >= 11 is 0. The van der Waals surface area contributed by atoms with E-state index in [1.54, 1.807) is 11.8 Å². The fourth-order valence-electron chi connectivity index (χ4n) is 2.02. The Balaban J connectivity index is 2.17. The van der Waals surface area contributed by atoms with E-state index in [9.17, 15) is 9.59 Å². The molecule has 1 N–H and O–H groups in total. The van der Waals surface area contributed by atoms with Crippen molar-refractivity contribution >= 4 is 11.7 Å². The Bertz CT molecular complexity index is 491. The van der Waals surface area contributed by atoms with E-state index in [-0.39, 0.29) is 17.2 Å². The Kier molecular flexibility index (Phi) is 3.50. The molecule has 0 radical (unpaired) electrons. The number of carbonyl (C=O) groups excluding carboxylic acids is 1. The molecule has 0 aromatic carbocycles. The molecule has 98 valence electrons. The van der Waals surface area contributed by atoms with Gasteiger partial charge in [0.25, 0.3) is 5.56 Å². The molecule has 0 atom stereocenters. The summed E-state index contributed by atoms with van der Waals surface area (Å²) < 4.78 is 5.08. The summed E-state index contributed by atoms with van der Waals surface area (Å²) in [5.41, 5.74) is -0.295. The van der Waals surface area contributed by atoms with Gasteiger partial charge >= 0.3 is 0 Å². The largest absolute Gasteiger partial charge is 0.489 e. The first-order valence-corrected chi connectivity index (χ1v) is 5.75. The van der Waals surface area contributed by atoms with Gasteiger partial charge in [0.05, 0.1) is 13.4 Å². The quantitative estimate of drug-likeness (QED) is 0.764. The normalized spacial score (nSPS) is 15.7. The Morgan fingerprint density at radius 2 is 2.06 bits per heavy atom. The van der Waals surface area contributed by atoms with Crippen molar-refractivity contribution < 1.29 is 9.53 Å². The summed E-state index contributed by atoms with van der Waals surface area (Å²) in [5.74, 6) is 0.818. The number of hydrogen-bond acceptors (Lipinski definition) is 5. The maximum Gasteiger partial charge on any atom is 0.295 e. The molecule has 0 aliphatic carbocycles. The molecule has 1 saturated heterocycles. The van der Waals surface area contributed by atoms with E-state index in [1.165, 1.54) is 13.4 Å². The molecule has 1 aromatic rings. The number of ether oxygens (including phenoxy) is 1. The van der Waals surface area contributed by atoms with E-state index in [1.807, 2.05) is 4.90 Å². The van der Waals surface area contributed by atoms with Crippen LogP contribution in [0.2, 0.25) is 0 Å². The number of rotatable bonds is 2. The lowest BCUT2D eigenvalue weighted by Gasteiger charge is -2.35. The highest BCUT2D eigenvalue weighted by Gasteiger charge is 2.23. The van der Waals surface area contributed by atoms with Crippen LogP contribution in [0.15, 0.2) is 11.1 Å². The molecule has 2 rings (SSSR count). The van der Waals surface area contributed by atoms with Crippen molar-refractivity contribution in [1.29, 1.82) is 0 Å². The third-order valence-corrected chi connectivity index (χ3v) is 3.02.